The Labute approximate surface area is 164 Å². The van der Waals surface area contributed by atoms with Crippen molar-refractivity contribution < 1.29 is 19.2 Å². The minimum Gasteiger partial charge on any atom is -0.282 e. The van der Waals surface area contributed by atoms with Gasteiger partial charge in [-0.2, -0.15) is 0 Å². The van der Waals surface area contributed by atoms with Crippen molar-refractivity contribution in [1.29, 1.82) is 0 Å². The average Bonchev–Trinajstić information content (AvgIpc) is 2.86. The zero-order valence-corrected chi connectivity index (χ0v) is 17.9. The number of imide groups is 2. The van der Waals surface area contributed by atoms with Gasteiger partial charge in [0.2, 0.25) is 23.6 Å². The van der Waals surface area contributed by atoms with Crippen LogP contribution >= 0.6 is 31.9 Å². The maximum Gasteiger partial charge on any atom is 0.243 e. The van der Waals surface area contributed by atoms with Crippen molar-refractivity contribution in [2.75, 3.05) is 13.1 Å². The second-order valence-corrected chi connectivity index (χ2v) is 10.0. The minimum atomic E-state index is -0.405. The first kappa shape index (κ1) is 20.6. The molecule has 2 fully saturated rings. The molecule has 2 rings (SSSR count). The van der Waals surface area contributed by atoms with E-state index in [0.717, 1.165) is 6.42 Å². The van der Waals surface area contributed by atoms with Gasteiger partial charge in [-0.15, -0.1) is 0 Å². The van der Waals surface area contributed by atoms with E-state index in [4.69, 9.17) is 0 Å². The van der Waals surface area contributed by atoms with Crippen LogP contribution in [0.1, 0.15) is 46.5 Å². The molecule has 3 atom stereocenters. The van der Waals surface area contributed by atoms with Crippen LogP contribution in [-0.2, 0) is 19.2 Å². The highest BCUT2D eigenvalue weighted by Gasteiger charge is 2.40. The lowest BCUT2D eigenvalue weighted by molar-refractivity contribution is -0.141. The molecule has 4 amide bonds. The van der Waals surface area contributed by atoms with Crippen LogP contribution in [0.4, 0.5) is 0 Å². The van der Waals surface area contributed by atoms with E-state index in [1.165, 1.54) is 9.80 Å². The smallest absolute Gasteiger partial charge is 0.243 e. The van der Waals surface area contributed by atoms with E-state index < -0.39 is 9.65 Å². The second kappa shape index (κ2) is 7.86. The van der Waals surface area contributed by atoms with Gasteiger partial charge >= 0.3 is 0 Å². The number of rotatable bonds is 7. The summed E-state index contributed by atoms with van der Waals surface area (Å²) >= 11 is 6.46. The molecule has 0 aromatic heterocycles. The topological polar surface area (TPSA) is 74.8 Å². The Kier molecular flexibility index (Phi) is 6.46. The first-order chi connectivity index (χ1) is 11.5. The number of alkyl halides is 2. The Bertz CT molecular complexity index is 593. The molecule has 0 N–H and O–H groups in total. The van der Waals surface area contributed by atoms with Gasteiger partial charge in [0.1, 0.15) is 9.65 Å². The maximum atomic E-state index is 12.1. The molecular weight excluding hydrogens is 456 g/mol. The third-order valence-electron chi connectivity index (χ3n) is 4.71. The van der Waals surface area contributed by atoms with Gasteiger partial charge in [0.15, 0.2) is 0 Å². The fourth-order valence-corrected chi connectivity index (χ4v) is 4.62. The third-order valence-corrected chi connectivity index (χ3v) is 6.14. The second-order valence-electron chi connectivity index (χ2n) is 7.81. The summed E-state index contributed by atoms with van der Waals surface area (Å²) in [5.74, 6) is -0.327. The van der Waals surface area contributed by atoms with E-state index in [9.17, 15) is 19.2 Å². The molecule has 0 spiro atoms. The number of amides is 4. The van der Waals surface area contributed by atoms with E-state index in [1.807, 2.05) is 13.8 Å². The summed E-state index contributed by atoms with van der Waals surface area (Å²) in [6.07, 6.45) is 1.96. The van der Waals surface area contributed by atoms with E-state index in [-0.39, 0.29) is 47.8 Å². The summed E-state index contributed by atoms with van der Waals surface area (Å²) in [5, 5.41) is 0. The maximum absolute atomic E-state index is 12.1. The summed E-state index contributed by atoms with van der Waals surface area (Å²) in [6, 6.07) is 0. The van der Waals surface area contributed by atoms with E-state index in [0.29, 0.717) is 19.5 Å². The van der Waals surface area contributed by atoms with Crippen LogP contribution in [0.5, 0.6) is 0 Å². The molecule has 2 saturated heterocycles. The number of likely N-dealkylation sites (tertiary alicyclic amines) is 2. The molecule has 3 unspecified atom stereocenters. The zero-order valence-electron chi connectivity index (χ0n) is 14.8. The Morgan fingerprint density at radius 2 is 1.48 bits per heavy atom. The lowest BCUT2D eigenvalue weighted by atomic mass is 9.81. The van der Waals surface area contributed by atoms with Crippen LogP contribution in [-0.4, -0.2) is 56.2 Å². The van der Waals surface area contributed by atoms with Gasteiger partial charge in [-0.3, -0.25) is 29.0 Å². The molecule has 2 heterocycles. The number of carbonyl (C=O) groups is 4. The van der Waals surface area contributed by atoms with Crippen LogP contribution in [0.25, 0.3) is 0 Å². The lowest BCUT2D eigenvalue weighted by Crippen LogP contribution is -2.40. The Morgan fingerprint density at radius 1 is 1.00 bits per heavy atom. The van der Waals surface area contributed by atoms with Crippen molar-refractivity contribution in [2.24, 2.45) is 11.3 Å². The van der Waals surface area contributed by atoms with E-state index in [2.05, 4.69) is 38.8 Å². The molecule has 0 aromatic rings. The lowest BCUT2D eigenvalue weighted by Gasteiger charge is -2.32. The first-order valence-corrected chi connectivity index (χ1v) is 10.3. The molecule has 2 aliphatic rings. The van der Waals surface area contributed by atoms with Gasteiger partial charge in [-0.1, -0.05) is 52.6 Å². The monoisotopic (exact) mass is 478 g/mol. The number of carbonyl (C=O) groups excluding carboxylic acids is 4. The molecule has 25 heavy (non-hydrogen) atoms. The number of hydrogen-bond acceptors (Lipinski definition) is 4. The molecule has 6 nitrogen and oxygen atoms in total. The van der Waals surface area contributed by atoms with Crippen molar-refractivity contribution in [1.82, 2.24) is 9.80 Å². The average molecular weight is 480 g/mol. The van der Waals surface area contributed by atoms with Gasteiger partial charge in [-0.25, -0.2) is 0 Å². The SMILES string of the molecule is CC(CCN1C(=O)CC(Br)C1=O)CC(C)(C)CN1C(=O)CC(Br)C1=O. The predicted molar refractivity (Wildman–Crippen MR) is 100 cm³/mol. The van der Waals surface area contributed by atoms with Crippen LogP contribution in [0.3, 0.4) is 0 Å². The molecule has 0 aliphatic carbocycles. The largest absolute Gasteiger partial charge is 0.282 e. The first-order valence-electron chi connectivity index (χ1n) is 8.48. The Balaban J connectivity index is 1.85. The third kappa shape index (κ3) is 4.90. The van der Waals surface area contributed by atoms with Crippen molar-refractivity contribution >= 4 is 55.5 Å². The minimum absolute atomic E-state index is 0.130. The Hall–Kier alpha value is -0.760. The summed E-state index contributed by atoms with van der Waals surface area (Å²) in [4.78, 5) is 49.6. The highest BCUT2D eigenvalue weighted by molar-refractivity contribution is 9.10. The summed E-state index contributed by atoms with van der Waals surface area (Å²) in [6.45, 7) is 6.95. The van der Waals surface area contributed by atoms with Gasteiger partial charge in [0.05, 0.1) is 0 Å². The molecule has 8 heteroatoms. The Morgan fingerprint density at radius 3 is 1.92 bits per heavy atom. The van der Waals surface area contributed by atoms with Crippen molar-refractivity contribution in [3.8, 4) is 0 Å². The number of hydrogen-bond donors (Lipinski definition) is 0. The van der Waals surface area contributed by atoms with Crippen LogP contribution in [0.2, 0.25) is 0 Å². The molecule has 0 aromatic carbocycles. The summed E-state index contributed by atoms with van der Waals surface area (Å²) < 4.78 is 0. The van der Waals surface area contributed by atoms with E-state index >= 15 is 0 Å². The predicted octanol–water partition coefficient (Wildman–Crippen LogP) is 2.47. The summed E-state index contributed by atoms with van der Waals surface area (Å²) in [5.41, 5.74) is -0.223. The van der Waals surface area contributed by atoms with Crippen LogP contribution < -0.4 is 0 Å². The van der Waals surface area contributed by atoms with Crippen LogP contribution in [0.15, 0.2) is 0 Å². The van der Waals surface area contributed by atoms with Crippen molar-refractivity contribution in [3.63, 3.8) is 0 Å². The fraction of sp³-hybridized carbons (Fsp3) is 0.765. The number of nitrogens with zero attached hydrogens (tertiary/aromatic N) is 2. The normalized spacial score (nSPS) is 26.1. The van der Waals surface area contributed by atoms with Gasteiger partial charge in [0.25, 0.3) is 0 Å². The summed E-state index contributed by atoms with van der Waals surface area (Å²) in [7, 11) is 0. The van der Waals surface area contributed by atoms with Crippen molar-refractivity contribution in [3.05, 3.63) is 0 Å². The molecule has 0 saturated carbocycles. The molecule has 0 bridgehead atoms. The molecule has 2 aliphatic heterocycles. The zero-order chi connectivity index (χ0) is 18.9. The fourth-order valence-electron chi connectivity index (χ4n) is 3.57. The number of halogens is 2. The van der Waals surface area contributed by atoms with Gasteiger partial charge in [0, 0.05) is 25.9 Å². The standard InChI is InChI=1S/C17H24Br2N2O4/c1-10(4-5-20-13(22)6-11(18)15(20)24)8-17(2,3)9-21-14(23)7-12(19)16(21)25/h10-12H,4-9H2,1-3H3. The highest BCUT2D eigenvalue weighted by Crippen LogP contribution is 2.32. The quantitative estimate of drug-likeness (QED) is 0.415. The molecule has 0 radical (unpaired) electrons. The molecule has 140 valence electrons. The highest BCUT2D eigenvalue weighted by atomic mass is 79.9. The van der Waals surface area contributed by atoms with Crippen LogP contribution in [0, 0.1) is 11.3 Å². The van der Waals surface area contributed by atoms with Gasteiger partial charge < -0.3 is 0 Å². The van der Waals surface area contributed by atoms with Crippen molar-refractivity contribution in [2.45, 2.75) is 56.1 Å². The van der Waals surface area contributed by atoms with E-state index in [1.54, 1.807) is 0 Å². The van der Waals surface area contributed by atoms with Gasteiger partial charge in [-0.05, 0) is 24.2 Å². The molecular formula is C17H24Br2N2O4.